The van der Waals surface area contributed by atoms with Crippen LogP contribution in [-0.4, -0.2) is 42.0 Å². The van der Waals surface area contributed by atoms with Gasteiger partial charge in [-0.05, 0) is 48.5 Å². The van der Waals surface area contributed by atoms with Crippen molar-refractivity contribution in [2.75, 3.05) is 31.1 Å². The smallest absolute Gasteiger partial charge is 0.254 e. The molecule has 0 spiro atoms. The third-order valence-electron chi connectivity index (χ3n) is 5.83. The fraction of sp³-hybridized carbons (Fsp3) is 0.154. The Balaban J connectivity index is 1.45. The molecule has 0 atom stereocenters. The number of carbonyl (C=O) groups excluding carboxylic acids is 1. The Bertz CT molecular complexity index is 1270. The van der Waals surface area contributed by atoms with E-state index in [0.29, 0.717) is 36.8 Å². The van der Waals surface area contributed by atoms with E-state index in [1.54, 1.807) is 24.3 Å². The number of fused-ring (bicyclic) bond motifs is 1. The molecule has 4 nitrogen and oxygen atoms in total. The van der Waals surface area contributed by atoms with Gasteiger partial charge in [-0.1, -0.05) is 41.9 Å². The van der Waals surface area contributed by atoms with Crippen LogP contribution in [0, 0.1) is 5.82 Å². The topological polar surface area (TPSA) is 36.4 Å². The van der Waals surface area contributed by atoms with E-state index in [1.807, 2.05) is 47.4 Å². The van der Waals surface area contributed by atoms with Crippen LogP contribution in [0.4, 0.5) is 10.1 Å². The molecule has 5 rings (SSSR count). The van der Waals surface area contributed by atoms with Crippen molar-refractivity contribution in [1.29, 1.82) is 0 Å². The predicted molar refractivity (Wildman–Crippen MR) is 127 cm³/mol. The van der Waals surface area contributed by atoms with Crippen molar-refractivity contribution in [2.45, 2.75) is 0 Å². The SMILES string of the molecule is O=C(c1cc(-c2ccccc2)nc2ccc(Cl)cc12)N1CCN(c2ccc(F)cc2)CC1. The van der Waals surface area contributed by atoms with Crippen LogP contribution in [0.5, 0.6) is 0 Å². The van der Waals surface area contributed by atoms with E-state index >= 15 is 0 Å². The van der Waals surface area contributed by atoms with Gasteiger partial charge in [0.1, 0.15) is 5.82 Å². The van der Waals surface area contributed by atoms with Gasteiger partial charge in [0, 0.05) is 47.8 Å². The number of rotatable bonds is 3. The first-order valence-electron chi connectivity index (χ1n) is 10.5. The average Bonchev–Trinajstić information content (AvgIpc) is 2.84. The zero-order chi connectivity index (χ0) is 22.1. The van der Waals surface area contributed by atoms with E-state index in [4.69, 9.17) is 16.6 Å². The minimum absolute atomic E-state index is 0.0318. The lowest BCUT2D eigenvalue weighted by Crippen LogP contribution is -2.48. The molecule has 0 radical (unpaired) electrons. The molecule has 1 saturated heterocycles. The van der Waals surface area contributed by atoms with Crippen LogP contribution in [0.1, 0.15) is 10.4 Å². The van der Waals surface area contributed by atoms with Crippen LogP contribution >= 0.6 is 11.6 Å². The summed E-state index contributed by atoms with van der Waals surface area (Å²) in [4.78, 5) is 22.4. The van der Waals surface area contributed by atoms with Crippen molar-refractivity contribution >= 4 is 34.1 Å². The molecule has 160 valence electrons. The van der Waals surface area contributed by atoms with E-state index in [2.05, 4.69) is 4.90 Å². The maximum atomic E-state index is 13.6. The molecule has 0 N–H and O–H groups in total. The number of aromatic nitrogens is 1. The highest BCUT2D eigenvalue weighted by molar-refractivity contribution is 6.31. The van der Waals surface area contributed by atoms with Gasteiger partial charge in [0.05, 0.1) is 16.8 Å². The second-order valence-corrected chi connectivity index (χ2v) is 8.27. The highest BCUT2D eigenvalue weighted by Crippen LogP contribution is 2.28. The summed E-state index contributed by atoms with van der Waals surface area (Å²) >= 11 is 6.25. The van der Waals surface area contributed by atoms with Gasteiger partial charge in [0.2, 0.25) is 0 Å². The molecule has 1 aliphatic heterocycles. The Morgan fingerprint density at radius 3 is 2.31 bits per heavy atom. The minimum Gasteiger partial charge on any atom is -0.368 e. The Hall–Kier alpha value is -3.44. The molecule has 4 aromatic rings. The standard InChI is InChI=1S/C26H21ClFN3O/c27-19-6-11-24-22(16-19)23(17-25(29-24)18-4-2-1-3-5-18)26(32)31-14-12-30(13-15-31)21-9-7-20(28)8-10-21/h1-11,16-17H,12-15H2. The van der Waals surface area contributed by atoms with Crippen molar-refractivity contribution in [3.8, 4) is 11.3 Å². The maximum absolute atomic E-state index is 13.6. The molecule has 0 unspecified atom stereocenters. The lowest BCUT2D eigenvalue weighted by Gasteiger charge is -2.36. The highest BCUT2D eigenvalue weighted by Gasteiger charge is 2.24. The summed E-state index contributed by atoms with van der Waals surface area (Å²) in [7, 11) is 0. The zero-order valence-corrected chi connectivity index (χ0v) is 18.1. The monoisotopic (exact) mass is 445 g/mol. The van der Waals surface area contributed by atoms with Crippen LogP contribution in [0.15, 0.2) is 78.9 Å². The van der Waals surface area contributed by atoms with Crippen molar-refractivity contribution in [3.63, 3.8) is 0 Å². The van der Waals surface area contributed by atoms with Crippen molar-refractivity contribution in [3.05, 3.63) is 95.3 Å². The zero-order valence-electron chi connectivity index (χ0n) is 17.3. The number of anilines is 1. The summed E-state index contributed by atoms with van der Waals surface area (Å²) in [6, 6.07) is 23.6. The first kappa shape index (κ1) is 20.5. The number of nitrogens with zero attached hydrogens (tertiary/aromatic N) is 3. The number of carbonyl (C=O) groups is 1. The first-order valence-corrected chi connectivity index (χ1v) is 10.9. The summed E-state index contributed by atoms with van der Waals surface area (Å²) in [5.74, 6) is -0.282. The largest absolute Gasteiger partial charge is 0.368 e. The summed E-state index contributed by atoms with van der Waals surface area (Å²) in [5.41, 5.74) is 4.02. The van der Waals surface area contributed by atoms with Gasteiger partial charge < -0.3 is 9.80 Å². The molecule has 0 saturated carbocycles. The van der Waals surface area contributed by atoms with E-state index in [0.717, 1.165) is 27.8 Å². The first-order chi connectivity index (χ1) is 15.6. The van der Waals surface area contributed by atoms with E-state index in [-0.39, 0.29) is 11.7 Å². The number of benzene rings is 3. The number of amides is 1. The van der Waals surface area contributed by atoms with E-state index in [9.17, 15) is 9.18 Å². The molecule has 1 aliphatic rings. The fourth-order valence-electron chi connectivity index (χ4n) is 4.12. The average molecular weight is 446 g/mol. The van der Waals surface area contributed by atoms with Crippen molar-refractivity contribution < 1.29 is 9.18 Å². The highest BCUT2D eigenvalue weighted by atomic mass is 35.5. The number of pyridine rings is 1. The molecule has 0 aliphatic carbocycles. The Kier molecular flexibility index (Phi) is 5.50. The lowest BCUT2D eigenvalue weighted by molar-refractivity contribution is 0.0748. The van der Waals surface area contributed by atoms with Crippen LogP contribution in [0.25, 0.3) is 22.2 Å². The molecule has 1 fully saturated rings. The Labute approximate surface area is 190 Å². The van der Waals surface area contributed by atoms with E-state index in [1.165, 1.54) is 12.1 Å². The maximum Gasteiger partial charge on any atom is 0.254 e. The fourth-order valence-corrected chi connectivity index (χ4v) is 4.29. The van der Waals surface area contributed by atoms with Crippen LogP contribution in [0.2, 0.25) is 5.02 Å². The molecule has 3 aromatic carbocycles. The second kappa shape index (κ2) is 8.60. The summed E-state index contributed by atoms with van der Waals surface area (Å²) in [6.45, 7) is 2.54. The number of halogens is 2. The van der Waals surface area contributed by atoms with Gasteiger partial charge in [0.25, 0.3) is 5.91 Å². The molecule has 2 heterocycles. The number of piperazine rings is 1. The molecule has 1 amide bonds. The van der Waals surface area contributed by atoms with Gasteiger partial charge in [-0.25, -0.2) is 9.37 Å². The summed E-state index contributed by atoms with van der Waals surface area (Å²) in [6.07, 6.45) is 0. The molecule has 6 heteroatoms. The van der Waals surface area contributed by atoms with Gasteiger partial charge in [-0.2, -0.15) is 0 Å². The third-order valence-corrected chi connectivity index (χ3v) is 6.06. The van der Waals surface area contributed by atoms with Gasteiger partial charge in [-0.15, -0.1) is 0 Å². The molecule has 1 aromatic heterocycles. The van der Waals surface area contributed by atoms with Gasteiger partial charge >= 0.3 is 0 Å². The molecule has 0 bridgehead atoms. The van der Waals surface area contributed by atoms with Crippen molar-refractivity contribution in [1.82, 2.24) is 9.88 Å². The summed E-state index contributed by atoms with van der Waals surface area (Å²) < 4.78 is 13.2. The summed E-state index contributed by atoms with van der Waals surface area (Å²) in [5, 5.41) is 1.32. The molecule has 32 heavy (non-hydrogen) atoms. The molecular weight excluding hydrogens is 425 g/mol. The van der Waals surface area contributed by atoms with Crippen LogP contribution in [0.3, 0.4) is 0 Å². The quantitative estimate of drug-likeness (QED) is 0.408. The Morgan fingerprint density at radius 1 is 0.875 bits per heavy atom. The van der Waals surface area contributed by atoms with Crippen LogP contribution in [-0.2, 0) is 0 Å². The second-order valence-electron chi connectivity index (χ2n) is 7.84. The van der Waals surface area contributed by atoms with Gasteiger partial charge in [0.15, 0.2) is 0 Å². The van der Waals surface area contributed by atoms with Crippen molar-refractivity contribution in [2.24, 2.45) is 0 Å². The van der Waals surface area contributed by atoms with Gasteiger partial charge in [-0.3, -0.25) is 4.79 Å². The molecular formula is C26H21ClFN3O. The van der Waals surface area contributed by atoms with E-state index < -0.39 is 0 Å². The van der Waals surface area contributed by atoms with Crippen LogP contribution < -0.4 is 4.90 Å². The normalized spacial score (nSPS) is 14.1. The third kappa shape index (κ3) is 4.04. The number of hydrogen-bond acceptors (Lipinski definition) is 3. The predicted octanol–water partition coefficient (Wildman–Crippen LogP) is 5.66. The Morgan fingerprint density at radius 2 is 1.59 bits per heavy atom. The number of hydrogen-bond donors (Lipinski definition) is 0. The minimum atomic E-state index is -0.250. The lowest BCUT2D eigenvalue weighted by atomic mass is 10.0.